The smallest absolute Gasteiger partial charge is 0.192 e. The van der Waals surface area contributed by atoms with Gasteiger partial charge in [0.25, 0.3) is 0 Å². The molecular formula is C15H21N3O. The molecular weight excluding hydrogens is 238 g/mol. The Morgan fingerprint density at radius 3 is 2.89 bits per heavy atom. The first-order valence-electron chi connectivity index (χ1n) is 6.85. The van der Waals surface area contributed by atoms with Crippen molar-refractivity contribution >= 4 is 16.8 Å². The molecule has 1 fully saturated rings. The van der Waals surface area contributed by atoms with Crippen LogP contribution in [-0.2, 0) is 0 Å². The zero-order valence-corrected chi connectivity index (χ0v) is 11.9. The molecule has 0 amide bonds. The lowest BCUT2D eigenvalue weighted by Crippen LogP contribution is -2.32. The summed E-state index contributed by atoms with van der Waals surface area (Å²) in [6.45, 7) is 4.07. The normalized spacial score (nSPS) is 16.8. The van der Waals surface area contributed by atoms with Crippen LogP contribution in [0.5, 0.6) is 0 Å². The first-order chi connectivity index (χ1) is 9.12. The maximum Gasteiger partial charge on any atom is 0.192 e. The molecule has 0 unspecified atom stereocenters. The molecule has 1 heterocycles. The molecule has 1 saturated carbocycles. The topological polar surface area (TPSA) is 41.3 Å². The molecule has 4 nitrogen and oxygen atoms in total. The minimum atomic E-state index is 0.468. The lowest BCUT2D eigenvalue weighted by Gasteiger charge is -2.25. The van der Waals surface area contributed by atoms with E-state index in [2.05, 4.69) is 34.4 Å². The number of rotatable bonds is 5. The third-order valence-electron chi connectivity index (χ3n) is 4.00. The Morgan fingerprint density at radius 1 is 1.42 bits per heavy atom. The first-order valence-corrected chi connectivity index (χ1v) is 6.85. The van der Waals surface area contributed by atoms with E-state index in [4.69, 9.17) is 4.42 Å². The summed E-state index contributed by atoms with van der Waals surface area (Å²) in [5.41, 5.74) is 3.48. The average molecular weight is 259 g/mol. The number of aromatic nitrogens is 1. The minimum absolute atomic E-state index is 0.468. The van der Waals surface area contributed by atoms with Gasteiger partial charge in [0.1, 0.15) is 5.52 Å². The summed E-state index contributed by atoms with van der Waals surface area (Å²) in [6, 6.07) is 6.25. The molecule has 1 aliphatic carbocycles. The van der Waals surface area contributed by atoms with E-state index in [0.717, 1.165) is 30.1 Å². The Hall–Kier alpha value is -1.55. The Labute approximate surface area is 113 Å². The van der Waals surface area contributed by atoms with E-state index < -0.39 is 0 Å². The molecule has 3 rings (SSSR count). The van der Waals surface area contributed by atoms with Crippen molar-refractivity contribution in [3.05, 3.63) is 24.1 Å². The fraction of sp³-hybridized carbons (Fsp3) is 0.533. The standard InChI is InChI=1S/C15H21N3O/c1-11-17-13-5-4-12(8-14(13)19-11)18(3)10-15(6-7-15)9-16-2/h4-5,8,16H,6-7,9-10H2,1-3H3. The van der Waals surface area contributed by atoms with Gasteiger partial charge in [0.15, 0.2) is 11.5 Å². The molecule has 1 aromatic heterocycles. The van der Waals surface area contributed by atoms with Crippen molar-refractivity contribution < 1.29 is 4.42 Å². The highest BCUT2D eigenvalue weighted by Gasteiger charge is 2.42. The number of nitrogens with one attached hydrogen (secondary N) is 1. The van der Waals surface area contributed by atoms with Gasteiger partial charge in [0.2, 0.25) is 0 Å². The van der Waals surface area contributed by atoms with Gasteiger partial charge in [-0.25, -0.2) is 4.98 Å². The summed E-state index contributed by atoms with van der Waals surface area (Å²) < 4.78 is 5.60. The Morgan fingerprint density at radius 2 is 2.21 bits per heavy atom. The number of benzene rings is 1. The Bertz CT molecular complexity index is 586. The molecule has 0 saturated heterocycles. The molecule has 0 spiro atoms. The monoisotopic (exact) mass is 259 g/mol. The van der Waals surface area contributed by atoms with Gasteiger partial charge in [-0.3, -0.25) is 0 Å². The van der Waals surface area contributed by atoms with E-state index in [0.29, 0.717) is 5.41 Å². The van der Waals surface area contributed by atoms with Crippen LogP contribution in [0.4, 0.5) is 5.69 Å². The van der Waals surface area contributed by atoms with E-state index in [-0.39, 0.29) is 0 Å². The second-order valence-electron chi connectivity index (χ2n) is 5.77. The average Bonchev–Trinajstić information content (AvgIpc) is 3.01. The van der Waals surface area contributed by atoms with Crippen LogP contribution in [0.1, 0.15) is 18.7 Å². The van der Waals surface area contributed by atoms with Gasteiger partial charge < -0.3 is 14.6 Å². The van der Waals surface area contributed by atoms with Gasteiger partial charge in [-0.2, -0.15) is 0 Å². The van der Waals surface area contributed by atoms with Crippen molar-refractivity contribution in [1.82, 2.24) is 10.3 Å². The quantitative estimate of drug-likeness (QED) is 0.896. The lowest BCUT2D eigenvalue weighted by atomic mass is 10.1. The molecule has 0 radical (unpaired) electrons. The lowest BCUT2D eigenvalue weighted by molar-refractivity contribution is 0.482. The number of oxazole rings is 1. The van der Waals surface area contributed by atoms with Crippen LogP contribution in [0, 0.1) is 12.3 Å². The summed E-state index contributed by atoms with van der Waals surface area (Å²) in [7, 11) is 4.18. The maximum absolute atomic E-state index is 5.60. The zero-order valence-electron chi connectivity index (χ0n) is 11.9. The Kier molecular flexibility index (Phi) is 2.97. The van der Waals surface area contributed by atoms with Gasteiger partial charge in [-0.15, -0.1) is 0 Å². The molecule has 2 aromatic rings. The summed E-state index contributed by atoms with van der Waals surface area (Å²) >= 11 is 0. The van der Waals surface area contributed by atoms with Crippen LogP contribution in [0.3, 0.4) is 0 Å². The SMILES string of the molecule is CNCC1(CN(C)c2ccc3nc(C)oc3c2)CC1. The van der Waals surface area contributed by atoms with Crippen LogP contribution in [0.2, 0.25) is 0 Å². The zero-order chi connectivity index (χ0) is 13.5. The molecule has 1 aliphatic rings. The van der Waals surface area contributed by atoms with Crippen molar-refractivity contribution in [2.24, 2.45) is 5.41 Å². The highest BCUT2D eigenvalue weighted by atomic mass is 16.3. The largest absolute Gasteiger partial charge is 0.441 e. The van der Waals surface area contributed by atoms with Crippen molar-refractivity contribution in [2.45, 2.75) is 19.8 Å². The minimum Gasteiger partial charge on any atom is -0.441 e. The van der Waals surface area contributed by atoms with E-state index in [1.165, 1.54) is 18.5 Å². The van der Waals surface area contributed by atoms with E-state index in [9.17, 15) is 0 Å². The van der Waals surface area contributed by atoms with Gasteiger partial charge in [-0.1, -0.05) is 0 Å². The fourth-order valence-corrected chi connectivity index (χ4v) is 2.80. The van der Waals surface area contributed by atoms with Crippen LogP contribution in [0.15, 0.2) is 22.6 Å². The van der Waals surface area contributed by atoms with Crippen LogP contribution >= 0.6 is 0 Å². The highest BCUT2D eigenvalue weighted by Crippen LogP contribution is 2.46. The Balaban J connectivity index is 1.79. The molecule has 4 heteroatoms. The van der Waals surface area contributed by atoms with Gasteiger partial charge in [-0.05, 0) is 32.0 Å². The van der Waals surface area contributed by atoms with Crippen LogP contribution in [-0.4, -0.2) is 32.2 Å². The molecule has 0 aliphatic heterocycles. The predicted octanol–water partition coefficient (Wildman–Crippen LogP) is 2.57. The number of hydrogen-bond donors (Lipinski definition) is 1. The van der Waals surface area contributed by atoms with Gasteiger partial charge in [0.05, 0.1) is 0 Å². The summed E-state index contributed by atoms with van der Waals surface area (Å²) in [4.78, 5) is 6.66. The van der Waals surface area contributed by atoms with E-state index >= 15 is 0 Å². The molecule has 19 heavy (non-hydrogen) atoms. The highest BCUT2D eigenvalue weighted by molar-refractivity contribution is 5.77. The molecule has 102 valence electrons. The third-order valence-corrected chi connectivity index (χ3v) is 4.00. The predicted molar refractivity (Wildman–Crippen MR) is 77.6 cm³/mol. The van der Waals surface area contributed by atoms with Crippen LogP contribution in [0.25, 0.3) is 11.1 Å². The summed E-state index contributed by atoms with van der Waals surface area (Å²) in [5.74, 6) is 0.726. The van der Waals surface area contributed by atoms with Crippen LogP contribution < -0.4 is 10.2 Å². The number of hydrogen-bond acceptors (Lipinski definition) is 4. The number of aryl methyl sites for hydroxylation is 1. The number of fused-ring (bicyclic) bond motifs is 1. The van der Waals surface area contributed by atoms with E-state index in [1.54, 1.807) is 0 Å². The molecule has 1 N–H and O–H groups in total. The summed E-state index contributed by atoms with van der Waals surface area (Å²) in [5, 5.41) is 3.31. The summed E-state index contributed by atoms with van der Waals surface area (Å²) in [6.07, 6.45) is 2.64. The molecule has 1 aromatic carbocycles. The number of nitrogens with zero attached hydrogens (tertiary/aromatic N) is 2. The second-order valence-corrected chi connectivity index (χ2v) is 5.77. The van der Waals surface area contributed by atoms with Gasteiger partial charge in [0, 0.05) is 44.2 Å². The van der Waals surface area contributed by atoms with Crippen molar-refractivity contribution in [2.75, 3.05) is 32.1 Å². The van der Waals surface area contributed by atoms with Crippen molar-refractivity contribution in [3.63, 3.8) is 0 Å². The molecule has 0 bridgehead atoms. The fourth-order valence-electron chi connectivity index (χ4n) is 2.80. The van der Waals surface area contributed by atoms with Crippen molar-refractivity contribution in [1.29, 1.82) is 0 Å². The second kappa shape index (κ2) is 4.53. The maximum atomic E-state index is 5.60. The van der Waals surface area contributed by atoms with Crippen molar-refractivity contribution in [3.8, 4) is 0 Å². The number of anilines is 1. The molecule has 0 atom stereocenters. The van der Waals surface area contributed by atoms with Gasteiger partial charge >= 0.3 is 0 Å². The third kappa shape index (κ3) is 2.45. The first kappa shape index (κ1) is 12.5. The van der Waals surface area contributed by atoms with E-state index in [1.807, 2.05) is 20.0 Å².